The third-order valence-electron chi connectivity index (χ3n) is 2.41. The van der Waals surface area contributed by atoms with E-state index in [4.69, 9.17) is 15.2 Å². The Balaban J connectivity index is 3.16. The molecule has 0 fully saturated rings. The minimum absolute atomic E-state index is 0.214. The summed E-state index contributed by atoms with van der Waals surface area (Å²) in [6.45, 7) is 1.54. The molecule has 0 aliphatic carbocycles. The third kappa shape index (κ3) is 2.37. The quantitative estimate of drug-likeness (QED) is 0.805. The molecule has 0 aromatic heterocycles. The van der Waals surface area contributed by atoms with E-state index in [1.165, 1.54) is 26.4 Å². The van der Waals surface area contributed by atoms with Gasteiger partial charge in [-0.3, -0.25) is 0 Å². The first-order valence-corrected chi connectivity index (χ1v) is 4.78. The van der Waals surface area contributed by atoms with Gasteiger partial charge in [0.05, 0.1) is 6.04 Å². The van der Waals surface area contributed by atoms with Crippen molar-refractivity contribution in [1.82, 2.24) is 0 Å². The average Bonchev–Trinajstić information content (AvgIpc) is 2.26. The SMILES string of the molecule is COC(OC)C(N)c1c(F)ccc(C)c1F. The first-order valence-electron chi connectivity index (χ1n) is 4.78. The maximum Gasteiger partial charge on any atom is 0.176 e. The lowest BCUT2D eigenvalue weighted by Gasteiger charge is -2.22. The molecule has 1 rings (SSSR count). The lowest BCUT2D eigenvalue weighted by atomic mass is 10.0. The van der Waals surface area contributed by atoms with E-state index in [9.17, 15) is 8.78 Å². The van der Waals surface area contributed by atoms with Crippen LogP contribution in [0.15, 0.2) is 12.1 Å². The van der Waals surface area contributed by atoms with Gasteiger partial charge in [0.15, 0.2) is 6.29 Å². The van der Waals surface area contributed by atoms with Crippen LogP contribution in [-0.4, -0.2) is 20.5 Å². The third-order valence-corrected chi connectivity index (χ3v) is 2.41. The Morgan fingerprint density at radius 2 is 1.75 bits per heavy atom. The van der Waals surface area contributed by atoms with Crippen molar-refractivity contribution >= 4 is 0 Å². The summed E-state index contributed by atoms with van der Waals surface area (Å²) in [6, 6.07) is 1.53. The van der Waals surface area contributed by atoms with Crippen LogP contribution in [0, 0.1) is 18.6 Å². The van der Waals surface area contributed by atoms with Crippen molar-refractivity contribution in [2.45, 2.75) is 19.3 Å². The molecule has 0 spiro atoms. The van der Waals surface area contributed by atoms with Crippen LogP contribution in [0.3, 0.4) is 0 Å². The van der Waals surface area contributed by atoms with Crippen molar-refractivity contribution in [3.8, 4) is 0 Å². The van der Waals surface area contributed by atoms with Crippen LogP contribution in [0.5, 0.6) is 0 Å². The van der Waals surface area contributed by atoms with Crippen LogP contribution in [0.2, 0.25) is 0 Å². The van der Waals surface area contributed by atoms with Crippen molar-refractivity contribution in [1.29, 1.82) is 0 Å². The van der Waals surface area contributed by atoms with Crippen LogP contribution < -0.4 is 5.73 Å². The summed E-state index contributed by atoms with van der Waals surface area (Å²) in [5.41, 5.74) is 5.82. The van der Waals surface area contributed by atoms with E-state index in [1.54, 1.807) is 6.92 Å². The number of hydrogen-bond acceptors (Lipinski definition) is 3. The summed E-state index contributed by atoms with van der Waals surface area (Å²) < 4.78 is 37.0. The van der Waals surface area contributed by atoms with Gasteiger partial charge >= 0.3 is 0 Å². The van der Waals surface area contributed by atoms with E-state index in [2.05, 4.69) is 0 Å². The van der Waals surface area contributed by atoms with E-state index in [0.29, 0.717) is 5.56 Å². The van der Waals surface area contributed by atoms with E-state index < -0.39 is 24.0 Å². The Morgan fingerprint density at radius 1 is 1.19 bits per heavy atom. The van der Waals surface area contributed by atoms with E-state index >= 15 is 0 Å². The minimum Gasteiger partial charge on any atom is -0.354 e. The molecular weight excluding hydrogens is 216 g/mol. The van der Waals surface area contributed by atoms with E-state index in [1.807, 2.05) is 0 Å². The Hall–Kier alpha value is -1.04. The molecule has 0 amide bonds. The number of ether oxygens (including phenoxy) is 2. The van der Waals surface area contributed by atoms with Crippen LogP contribution in [0.25, 0.3) is 0 Å². The molecule has 2 N–H and O–H groups in total. The topological polar surface area (TPSA) is 44.5 Å². The van der Waals surface area contributed by atoms with Gasteiger partial charge in [-0.2, -0.15) is 0 Å². The number of benzene rings is 1. The average molecular weight is 231 g/mol. The molecule has 1 unspecified atom stereocenters. The Bertz CT molecular complexity index is 367. The molecule has 0 saturated carbocycles. The van der Waals surface area contributed by atoms with Crippen LogP contribution in [-0.2, 0) is 9.47 Å². The predicted molar refractivity (Wildman–Crippen MR) is 55.8 cm³/mol. The maximum atomic E-state index is 13.7. The highest BCUT2D eigenvalue weighted by Crippen LogP contribution is 2.25. The highest BCUT2D eigenvalue weighted by molar-refractivity contribution is 5.29. The summed E-state index contributed by atoms with van der Waals surface area (Å²) in [5.74, 6) is -1.36. The number of halogens is 2. The number of hydrogen-bond donors (Lipinski definition) is 1. The van der Waals surface area contributed by atoms with E-state index in [0.717, 1.165) is 0 Å². The molecule has 1 aromatic carbocycles. The fourth-order valence-electron chi connectivity index (χ4n) is 1.51. The number of methoxy groups -OCH3 is 2. The largest absolute Gasteiger partial charge is 0.354 e. The Labute approximate surface area is 93.2 Å². The normalized spacial score (nSPS) is 13.2. The van der Waals surface area contributed by atoms with Gasteiger partial charge in [0.1, 0.15) is 11.6 Å². The molecule has 0 aliphatic rings. The molecule has 0 heterocycles. The Morgan fingerprint density at radius 3 is 2.25 bits per heavy atom. The fourth-order valence-corrected chi connectivity index (χ4v) is 1.51. The molecule has 0 bridgehead atoms. The molecule has 90 valence electrons. The zero-order chi connectivity index (χ0) is 12.3. The fraction of sp³-hybridized carbons (Fsp3) is 0.455. The minimum atomic E-state index is -1.00. The summed E-state index contributed by atoms with van der Waals surface area (Å²) in [5, 5.41) is 0. The van der Waals surface area contributed by atoms with Crippen molar-refractivity contribution in [2.75, 3.05) is 14.2 Å². The summed E-state index contributed by atoms with van der Waals surface area (Å²) in [4.78, 5) is 0. The van der Waals surface area contributed by atoms with Gasteiger partial charge in [0.25, 0.3) is 0 Å². The summed E-state index contributed by atoms with van der Waals surface area (Å²) in [7, 11) is 2.72. The lowest BCUT2D eigenvalue weighted by molar-refractivity contribution is -0.118. The lowest BCUT2D eigenvalue weighted by Crippen LogP contribution is -2.31. The molecule has 0 aliphatic heterocycles. The highest BCUT2D eigenvalue weighted by Gasteiger charge is 2.25. The number of rotatable bonds is 4. The molecule has 1 aromatic rings. The van der Waals surface area contributed by atoms with E-state index in [-0.39, 0.29) is 5.56 Å². The van der Waals surface area contributed by atoms with Gasteiger partial charge in [0, 0.05) is 19.8 Å². The first kappa shape index (κ1) is 13.0. The predicted octanol–water partition coefficient (Wildman–Crippen LogP) is 1.89. The number of aryl methyl sites for hydroxylation is 1. The van der Waals surface area contributed by atoms with Gasteiger partial charge in [-0.05, 0) is 18.6 Å². The van der Waals surface area contributed by atoms with Gasteiger partial charge in [-0.1, -0.05) is 6.07 Å². The van der Waals surface area contributed by atoms with Crippen LogP contribution >= 0.6 is 0 Å². The second-order valence-corrected chi connectivity index (χ2v) is 3.46. The second kappa shape index (κ2) is 5.34. The van der Waals surface area contributed by atoms with Crippen molar-refractivity contribution in [3.05, 3.63) is 34.9 Å². The first-order chi connectivity index (χ1) is 7.52. The van der Waals surface area contributed by atoms with Crippen molar-refractivity contribution < 1.29 is 18.3 Å². The molecular formula is C11H15F2NO2. The number of nitrogens with two attached hydrogens (primary N) is 1. The second-order valence-electron chi connectivity index (χ2n) is 3.46. The molecule has 3 nitrogen and oxygen atoms in total. The maximum absolute atomic E-state index is 13.7. The van der Waals surface area contributed by atoms with Crippen molar-refractivity contribution in [3.63, 3.8) is 0 Å². The van der Waals surface area contributed by atoms with Crippen molar-refractivity contribution in [2.24, 2.45) is 5.73 Å². The Kier molecular flexibility index (Phi) is 4.35. The van der Waals surface area contributed by atoms with Crippen LogP contribution in [0.4, 0.5) is 8.78 Å². The summed E-state index contributed by atoms with van der Waals surface area (Å²) in [6.07, 6.45) is -0.884. The molecule has 1 atom stereocenters. The molecule has 0 radical (unpaired) electrons. The monoisotopic (exact) mass is 231 g/mol. The standard InChI is InChI=1S/C11H15F2NO2/c1-6-4-5-7(12)8(9(6)13)10(14)11(15-2)16-3/h4-5,10-11H,14H2,1-3H3. The van der Waals surface area contributed by atoms with Gasteiger partial charge in [-0.25, -0.2) is 8.78 Å². The molecule has 5 heteroatoms. The smallest absolute Gasteiger partial charge is 0.176 e. The molecule has 0 saturated heterocycles. The van der Waals surface area contributed by atoms with Gasteiger partial charge in [-0.15, -0.1) is 0 Å². The zero-order valence-electron chi connectivity index (χ0n) is 9.46. The van der Waals surface area contributed by atoms with Gasteiger partial charge < -0.3 is 15.2 Å². The highest BCUT2D eigenvalue weighted by atomic mass is 19.1. The zero-order valence-corrected chi connectivity index (χ0v) is 9.46. The summed E-state index contributed by atoms with van der Waals surface area (Å²) >= 11 is 0. The van der Waals surface area contributed by atoms with Crippen LogP contribution in [0.1, 0.15) is 17.2 Å². The van der Waals surface area contributed by atoms with Gasteiger partial charge in [0.2, 0.25) is 0 Å². The molecule has 16 heavy (non-hydrogen) atoms.